The number of aromatic nitrogens is 1. The van der Waals surface area contributed by atoms with Crippen LogP contribution < -0.4 is 5.32 Å². The second-order valence-corrected chi connectivity index (χ2v) is 8.77. The van der Waals surface area contributed by atoms with E-state index in [9.17, 15) is 9.59 Å². The molecule has 0 aliphatic rings. The average Bonchev–Trinajstić information content (AvgIpc) is 3.32. The minimum Gasteiger partial charge on any atom is -0.347 e. The molecule has 0 spiro atoms. The molecule has 4 rings (SSSR count). The van der Waals surface area contributed by atoms with Crippen LogP contribution in [-0.4, -0.2) is 21.7 Å². The third kappa shape index (κ3) is 6.06. The largest absolute Gasteiger partial charge is 0.347 e. The fourth-order valence-corrected chi connectivity index (χ4v) is 4.33. The van der Waals surface area contributed by atoms with E-state index < -0.39 is 0 Å². The van der Waals surface area contributed by atoms with E-state index in [1.54, 1.807) is 34.5 Å². The van der Waals surface area contributed by atoms with Gasteiger partial charge in [-0.2, -0.15) is 0 Å². The molecule has 33 heavy (non-hydrogen) atoms. The molecule has 0 atom stereocenters. The van der Waals surface area contributed by atoms with Crippen LogP contribution in [0.4, 0.5) is 0 Å². The summed E-state index contributed by atoms with van der Waals surface area (Å²) >= 11 is 7.64. The van der Waals surface area contributed by atoms with Crippen molar-refractivity contribution in [3.63, 3.8) is 0 Å². The summed E-state index contributed by atoms with van der Waals surface area (Å²) in [5.41, 5.74) is 2.79. The number of halogens is 1. The molecule has 2 amide bonds. The first-order chi connectivity index (χ1) is 16.1. The number of hydrogen-bond donors (Lipinski definition) is 1. The van der Waals surface area contributed by atoms with E-state index in [1.807, 2.05) is 60.7 Å². The molecule has 1 aromatic heterocycles. The van der Waals surface area contributed by atoms with E-state index in [4.69, 9.17) is 11.6 Å². The highest BCUT2D eigenvalue weighted by Gasteiger charge is 2.21. The zero-order valence-electron chi connectivity index (χ0n) is 17.8. The van der Waals surface area contributed by atoms with Crippen molar-refractivity contribution in [2.24, 2.45) is 0 Å². The maximum Gasteiger partial charge on any atom is 0.271 e. The van der Waals surface area contributed by atoms with Crippen LogP contribution in [0.1, 0.15) is 37.0 Å². The van der Waals surface area contributed by atoms with Gasteiger partial charge in [-0.1, -0.05) is 84.4 Å². The second-order valence-electron chi connectivity index (χ2n) is 7.42. The maximum absolute atomic E-state index is 13.3. The van der Waals surface area contributed by atoms with Crippen molar-refractivity contribution in [2.45, 2.75) is 19.6 Å². The van der Waals surface area contributed by atoms with Crippen LogP contribution in [0.25, 0.3) is 0 Å². The average molecular weight is 476 g/mol. The Morgan fingerprint density at radius 1 is 0.848 bits per heavy atom. The lowest BCUT2D eigenvalue weighted by Crippen LogP contribution is -2.30. The quantitative estimate of drug-likeness (QED) is 0.362. The van der Waals surface area contributed by atoms with Gasteiger partial charge in [0.25, 0.3) is 11.8 Å². The van der Waals surface area contributed by atoms with Crippen molar-refractivity contribution >= 4 is 34.8 Å². The van der Waals surface area contributed by atoms with Crippen molar-refractivity contribution in [3.8, 4) is 0 Å². The number of amides is 2. The summed E-state index contributed by atoms with van der Waals surface area (Å²) in [5, 5.41) is 5.68. The lowest BCUT2D eigenvalue weighted by Gasteiger charge is -2.22. The van der Waals surface area contributed by atoms with E-state index in [-0.39, 0.29) is 18.4 Å². The number of rotatable bonds is 8. The monoisotopic (exact) mass is 475 g/mol. The Hall–Kier alpha value is -3.48. The molecule has 1 heterocycles. The van der Waals surface area contributed by atoms with Gasteiger partial charge < -0.3 is 10.2 Å². The molecule has 0 aliphatic carbocycles. The van der Waals surface area contributed by atoms with Crippen molar-refractivity contribution in [1.29, 1.82) is 0 Å². The fourth-order valence-electron chi connectivity index (χ4n) is 3.33. The number of benzene rings is 3. The summed E-state index contributed by atoms with van der Waals surface area (Å²) in [6.45, 7) is 1.10. The van der Waals surface area contributed by atoms with Crippen molar-refractivity contribution < 1.29 is 9.59 Å². The number of carbonyl (C=O) groups is 2. The Bertz CT molecular complexity index is 1230. The standard InChI is InChI=1S/C26H22ClN3O2S/c27-22-14-8-7-13-21(22)26(32)30(16-20-11-5-2-6-12-20)17-24-29-23(18-33-24)25(31)28-15-19-9-3-1-4-10-19/h1-14,18H,15-17H2,(H,28,31). The Balaban J connectivity index is 1.49. The second kappa shape index (κ2) is 10.9. The minimum absolute atomic E-state index is 0.185. The Labute approximate surface area is 201 Å². The molecule has 1 N–H and O–H groups in total. The molecule has 0 saturated heterocycles. The maximum atomic E-state index is 13.3. The zero-order valence-corrected chi connectivity index (χ0v) is 19.4. The summed E-state index contributed by atoms with van der Waals surface area (Å²) in [5.74, 6) is -0.428. The molecular weight excluding hydrogens is 454 g/mol. The van der Waals surface area contributed by atoms with E-state index in [1.165, 1.54) is 11.3 Å². The Morgan fingerprint density at radius 3 is 2.18 bits per heavy atom. The third-order valence-electron chi connectivity index (χ3n) is 5.01. The molecule has 0 aliphatic heterocycles. The Morgan fingerprint density at radius 2 is 1.48 bits per heavy atom. The number of hydrogen-bond acceptors (Lipinski definition) is 4. The summed E-state index contributed by atoms with van der Waals surface area (Å²) < 4.78 is 0. The van der Waals surface area contributed by atoms with Gasteiger partial charge in [-0.05, 0) is 23.3 Å². The molecule has 0 unspecified atom stereocenters. The summed E-state index contributed by atoms with van der Waals surface area (Å²) in [4.78, 5) is 32.0. The molecule has 166 valence electrons. The van der Waals surface area contributed by atoms with Gasteiger partial charge in [0.1, 0.15) is 10.7 Å². The summed E-state index contributed by atoms with van der Waals surface area (Å²) in [7, 11) is 0. The molecule has 0 fully saturated rings. The molecule has 3 aromatic carbocycles. The number of carbonyl (C=O) groups excluding carboxylic acids is 2. The zero-order chi connectivity index (χ0) is 23.0. The van der Waals surface area contributed by atoms with Crippen LogP contribution in [-0.2, 0) is 19.6 Å². The molecule has 4 aromatic rings. The van der Waals surface area contributed by atoms with Crippen LogP contribution in [0, 0.1) is 0 Å². The first kappa shape index (κ1) is 22.7. The Kier molecular flexibility index (Phi) is 7.50. The highest BCUT2D eigenvalue weighted by molar-refractivity contribution is 7.09. The van der Waals surface area contributed by atoms with Gasteiger partial charge in [0.05, 0.1) is 17.1 Å². The predicted molar refractivity (Wildman–Crippen MR) is 131 cm³/mol. The van der Waals surface area contributed by atoms with Crippen molar-refractivity contribution in [3.05, 3.63) is 123 Å². The predicted octanol–water partition coefficient (Wildman–Crippen LogP) is 5.57. The van der Waals surface area contributed by atoms with Gasteiger partial charge in [-0.15, -0.1) is 11.3 Å². The molecule has 0 bridgehead atoms. The number of thiazole rings is 1. The van der Waals surface area contributed by atoms with E-state index >= 15 is 0 Å². The molecule has 0 radical (unpaired) electrons. The van der Waals surface area contributed by atoms with Crippen molar-refractivity contribution in [1.82, 2.24) is 15.2 Å². The minimum atomic E-state index is -0.242. The fraction of sp³-hybridized carbons (Fsp3) is 0.115. The van der Waals surface area contributed by atoms with Gasteiger partial charge >= 0.3 is 0 Å². The molecule has 5 nitrogen and oxygen atoms in total. The first-order valence-corrected chi connectivity index (χ1v) is 11.7. The van der Waals surface area contributed by atoms with Crippen LogP contribution in [0.15, 0.2) is 90.3 Å². The van der Waals surface area contributed by atoms with Gasteiger partial charge in [0, 0.05) is 18.5 Å². The molecule has 0 saturated carbocycles. The van der Waals surface area contributed by atoms with Crippen LogP contribution in [0.5, 0.6) is 0 Å². The highest BCUT2D eigenvalue weighted by atomic mass is 35.5. The number of nitrogens with one attached hydrogen (secondary N) is 1. The van der Waals surface area contributed by atoms with Crippen LogP contribution in [0.3, 0.4) is 0 Å². The van der Waals surface area contributed by atoms with Gasteiger partial charge in [0.2, 0.25) is 0 Å². The first-order valence-electron chi connectivity index (χ1n) is 10.4. The normalized spacial score (nSPS) is 10.6. The molecular formula is C26H22ClN3O2S. The SMILES string of the molecule is O=C(NCc1ccccc1)c1csc(CN(Cc2ccccc2)C(=O)c2ccccc2Cl)n1. The van der Waals surface area contributed by atoms with E-state index in [2.05, 4.69) is 10.3 Å². The lowest BCUT2D eigenvalue weighted by atomic mass is 10.1. The number of nitrogens with zero attached hydrogens (tertiary/aromatic N) is 2. The van der Waals surface area contributed by atoms with Gasteiger partial charge in [0.15, 0.2) is 0 Å². The third-order valence-corrected chi connectivity index (χ3v) is 6.18. The van der Waals surface area contributed by atoms with Gasteiger partial charge in [-0.3, -0.25) is 9.59 Å². The van der Waals surface area contributed by atoms with E-state index in [0.29, 0.717) is 34.4 Å². The van der Waals surface area contributed by atoms with Gasteiger partial charge in [-0.25, -0.2) is 4.98 Å². The smallest absolute Gasteiger partial charge is 0.271 e. The van der Waals surface area contributed by atoms with Crippen molar-refractivity contribution in [2.75, 3.05) is 0 Å². The van der Waals surface area contributed by atoms with E-state index in [0.717, 1.165) is 11.1 Å². The lowest BCUT2D eigenvalue weighted by molar-refractivity contribution is 0.0730. The van der Waals surface area contributed by atoms with Crippen LogP contribution in [0.2, 0.25) is 5.02 Å². The molecule has 7 heteroatoms. The highest BCUT2D eigenvalue weighted by Crippen LogP contribution is 2.21. The summed E-state index contributed by atoms with van der Waals surface area (Å²) in [6, 6.07) is 26.4. The van der Waals surface area contributed by atoms with Crippen LogP contribution >= 0.6 is 22.9 Å². The summed E-state index contributed by atoms with van der Waals surface area (Å²) in [6.07, 6.45) is 0. The topological polar surface area (TPSA) is 62.3 Å².